The predicted octanol–water partition coefficient (Wildman–Crippen LogP) is 0.685. The van der Waals surface area contributed by atoms with E-state index in [0.29, 0.717) is 18.0 Å². The lowest BCUT2D eigenvalue weighted by Gasteiger charge is -2.31. The highest BCUT2D eigenvalue weighted by molar-refractivity contribution is 7.89. The summed E-state index contributed by atoms with van der Waals surface area (Å²) < 4.78 is 31.8. The second-order valence-corrected chi connectivity index (χ2v) is 6.71. The van der Waals surface area contributed by atoms with Crippen LogP contribution in [-0.2, 0) is 14.8 Å². The summed E-state index contributed by atoms with van der Waals surface area (Å²) in [7, 11) is -3.51. The van der Waals surface area contributed by atoms with Gasteiger partial charge in [-0.2, -0.15) is 4.31 Å². The number of sulfonamides is 1. The van der Waals surface area contributed by atoms with Crippen LogP contribution in [0.15, 0.2) is 23.1 Å². The van der Waals surface area contributed by atoms with Crippen molar-refractivity contribution in [2.24, 2.45) is 0 Å². The molecule has 0 radical (unpaired) electrons. The van der Waals surface area contributed by atoms with Crippen LogP contribution in [0, 0.1) is 13.8 Å². The summed E-state index contributed by atoms with van der Waals surface area (Å²) in [5, 5.41) is 9.09. The van der Waals surface area contributed by atoms with Gasteiger partial charge in [0.25, 0.3) is 0 Å². The molecule has 5 nitrogen and oxygen atoms in total. The molecule has 0 aromatic heterocycles. The van der Waals surface area contributed by atoms with Crippen molar-refractivity contribution >= 4 is 10.0 Å². The molecule has 2 rings (SSSR count). The summed E-state index contributed by atoms with van der Waals surface area (Å²) in [6.07, 6.45) is -0.436. The van der Waals surface area contributed by atoms with E-state index in [4.69, 9.17) is 9.84 Å². The number of hydrogen-bond acceptors (Lipinski definition) is 4. The summed E-state index contributed by atoms with van der Waals surface area (Å²) in [4.78, 5) is 0.330. The molecule has 1 fully saturated rings. The zero-order valence-corrected chi connectivity index (χ0v) is 12.0. The van der Waals surface area contributed by atoms with Gasteiger partial charge in [-0.3, -0.25) is 0 Å². The van der Waals surface area contributed by atoms with Crippen molar-refractivity contribution in [3.63, 3.8) is 0 Å². The van der Waals surface area contributed by atoms with Gasteiger partial charge in [-0.15, -0.1) is 0 Å². The summed E-state index contributed by atoms with van der Waals surface area (Å²) >= 11 is 0. The molecule has 1 saturated heterocycles. The van der Waals surface area contributed by atoms with Crippen molar-refractivity contribution in [2.45, 2.75) is 24.8 Å². The van der Waals surface area contributed by atoms with Crippen molar-refractivity contribution in [1.82, 2.24) is 4.31 Å². The second kappa shape index (κ2) is 5.58. The summed E-state index contributed by atoms with van der Waals surface area (Å²) in [5.41, 5.74) is 1.78. The van der Waals surface area contributed by atoms with E-state index < -0.39 is 16.1 Å². The first-order valence-electron chi connectivity index (χ1n) is 6.25. The fourth-order valence-corrected chi connectivity index (χ4v) is 3.91. The van der Waals surface area contributed by atoms with Gasteiger partial charge in [-0.25, -0.2) is 8.42 Å². The third-order valence-electron chi connectivity index (χ3n) is 3.25. The van der Waals surface area contributed by atoms with Gasteiger partial charge in [0.15, 0.2) is 0 Å². The number of benzene rings is 1. The monoisotopic (exact) mass is 285 g/mol. The van der Waals surface area contributed by atoms with Gasteiger partial charge in [0, 0.05) is 13.1 Å². The van der Waals surface area contributed by atoms with E-state index in [0.717, 1.165) is 11.1 Å². The Hall–Kier alpha value is -0.950. The first-order chi connectivity index (χ1) is 8.95. The predicted molar refractivity (Wildman–Crippen MR) is 71.5 cm³/mol. The van der Waals surface area contributed by atoms with Gasteiger partial charge < -0.3 is 9.84 Å². The van der Waals surface area contributed by atoms with Crippen LogP contribution in [0.3, 0.4) is 0 Å². The molecule has 1 aromatic rings. The Bertz CT molecular complexity index is 556. The van der Waals surface area contributed by atoms with Crippen LogP contribution < -0.4 is 0 Å². The molecule has 6 heteroatoms. The zero-order chi connectivity index (χ0) is 14.0. The number of aliphatic hydroxyl groups excluding tert-OH is 1. The van der Waals surface area contributed by atoms with E-state index >= 15 is 0 Å². The average Bonchev–Trinajstić information content (AvgIpc) is 2.38. The normalized spacial score (nSPS) is 21.5. The molecule has 0 amide bonds. The fraction of sp³-hybridized carbons (Fsp3) is 0.538. The lowest BCUT2D eigenvalue weighted by atomic mass is 10.2. The van der Waals surface area contributed by atoms with Crippen molar-refractivity contribution in [1.29, 1.82) is 0 Å². The highest BCUT2D eigenvalue weighted by Crippen LogP contribution is 2.22. The highest BCUT2D eigenvalue weighted by Gasteiger charge is 2.31. The molecule has 0 saturated carbocycles. The lowest BCUT2D eigenvalue weighted by molar-refractivity contribution is -0.0304. The number of nitrogens with zero attached hydrogens (tertiary/aromatic N) is 1. The maximum absolute atomic E-state index is 12.6. The molecule has 1 aliphatic rings. The van der Waals surface area contributed by atoms with Crippen molar-refractivity contribution in [3.05, 3.63) is 29.3 Å². The maximum atomic E-state index is 12.6. The quantitative estimate of drug-likeness (QED) is 0.887. The number of ether oxygens (including phenoxy) is 1. The Balaban J connectivity index is 2.31. The van der Waals surface area contributed by atoms with Crippen molar-refractivity contribution in [3.8, 4) is 0 Å². The molecule has 19 heavy (non-hydrogen) atoms. The van der Waals surface area contributed by atoms with Crippen molar-refractivity contribution in [2.75, 3.05) is 26.3 Å². The smallest absolute Gasteiger partial charge is 0.243 e. The van der Waals surface area contributed by atoms with Gasteiger partial charge in [-0.1, -0.05) is 17.7 Å². The Labute approximate surface area is 113 Å². The number of hydrogen-bond donors (Lipinski definition) is 1. The molecule has 1 unspecified atom stereocenters. The molecular weight excluding hydrogens is 266 g/mol. The minimum absolute atomic E-state index is 0.168. The molecule has 106 valence electrons. The summed E-state index contributed by atoms with van der Waals surface area (Å²) in [5.74, 6) is 0. The van der Waals surface area contributed by atoms with Gasteiger partial charge in [0.2, 0.25) is 10.0 Å². The van der Waals surface area contributed by atoms with E-state index in [1.54, 1.807) is 19.1 Å². The van der Waals surface area contributed by atoms with Crippen molar-refractivity contribution < 1.29 is 18.3 Å². The lowest BCUT2D eigenvalue weighted by Crippen LogP contribution is -2.46. The SMILES string of the molecule is Cc1ccc(S(=O)(=O)N2CCOC(CO)C2)c(C)c1. The minimum atomic E-state index is -3.51. The molecule has 1 aliphatic heterocycles. The van der Waals surface area contributed by atoms with E-state index in [-0.39, 0.29) is 13.2 Å². The van der Waals surface area contributed by atoms with E-state index in [9.17, 15) is 8.42 Å². The summed E-state index contributed by atoms with van der Waals surface area (Å²) in [6, 6.07) is 5.30. The van der Waals surface area contributed by atoms with Crippen LogP contribution >= 0.6 is 0 Å². The standard InChI is InChI=1S/C13H19NO4S/c1-10-3-4-13(11(2)7-10)19(16,17)14-5-6-18-12(8-14)9-15/h3-4,7,12,15H,5-6,8-9H2,1-2H3. The second-order valence-electron chi connectivity index (χ2n) is 4.81. The largest absolute Gasteiger partial charge is 0.394 e. The Morgan fingerprint density at radius 1 is 1.42 bits per heavy atom. The first-order valence-corrected chi connectivity index (χ1v) is 7.69. The van der Waals surface area contributed by atoms with Gasteiger partial charge in [-0.05, 0) is 25.5 Å². The molecule has 0 spiro atoms. The number of aryl methyl sites for hydroxylation is 2. The van der Waals surface area contributed by atoms with E-state index in [2.05, 4.69) is 0 Å². The van der Waals surface area contributed by atoms with Gasteiger partial charge >= 0.3 is 0 Å². The van der Waals surface area contributed by atoms with Crippen LogP contribution in [-0.4, -0.2) is 50.2 Å². The van der Waals surface area contributed by atoms with Gasteiger partial charge in [0.05, 0.1) is 24.2 Å². The van der Waals surface area contributed by atoms with E-state index in [1.165, 1.54) is 4.31 Å². The topological polar surface area (TPSA) is 66.8 Å². The number of rotatable bonds is 3. The summed E-state index contributed by atoms with van der Waals surface area (Å²) in [6.45, 7) is 4.40. The third-order valence-corrected chi connectivity index (χ3v) is 5.28. The molecule has 0 aliphatic carbocycles. The molecule has 1 heterocycles. The minimum Gasteiger partial charge on any atom is -0.394 e. The van der Waals surface area contributed by atoms with Crippen LogP contribution in [0.4, 0.5) is 0 Å². The third kappa shape index (κ3) is 2.97. The molecule has 1 aromatic carbocycles. The fourth-order valence-electron chi connectivity index (χ4n) is 2.25. The molecule has 1 atom stereocenters. The van der Waals surface area contributed by atoms with E-state index in [1.807, 2.05) is 13.0 Å². The number of aliphatic hydroxyl groups is 1. The molecule has 0 bridgehead atoms. The Morgan fingerprint density at radius 2 is 2.16 bits per heavy atom. The molecular formula is C13H19NO4S. The van der Waals surface area contributed by atoms with Crippen LogP contribution in [0.1, 0.15) is 11.1 Å². The first kappa shape index (κ1) is 14.5. The zero-order valence-electron chi connectivity index (χ0n) is 11.2. The van der Waals surface area contributed by atoms with Crippen LogP contribution in [0.25, 0.3) is 0 Å². The number of morpholine rings is 1. The highest BCUT2D eigenvalue weighted by atomic mass is 32.2. The Kier molecular flexibility index (Phi) is 4.25. The Morgan fingerprint density at radius 3 is 2.79 bits per heavy atom. The average molecular weight is 285 g/mol. The van der Waals surface area contributed by atoms with Crippen LogP contribution in [0.5, 0.6) is 0 Å². The van der Waals surface area contributed by atoms with Crippen LogP contribution in [0.2, 0.25) is 0 Å². The van der Waals surface area contributed by atoms with Gasteiger partial charge in [0.1, 0.15) is 0 Å². The molecule has 1 N–H and O–H groups in total. The maximum Gasteiger partial charge on any atom is 0.243 e.